The van der Waals surface area contributed by atoms with E-state index >= 15 is 0 Å². The first-order valence-electron chi connectivity index (χ1n) is 5.97. The fraction of sp³-hybridized carbons (Fsp3) is 0.833. The number of carbonyl (C=O) groups is 2. The summed E-state index contributed by atoms with van der Waals surface area (Å²) in [5.41, 5.74) is 0. The maximum atomic E-state index is 11.4. The van der Waals surface area contributed by atoms with E-state index in [2.05, 4.69) is 19.2 Å². The Morgan fingerprint density at radius 3 is 2.12 bits per heavy atom. The van der Waals surface area contributed by atoms with Crippen LogP contribution in [0, 0.1) is 5.92 Å². The summed E-state index contributed by atoms with van der Waals surface area (Å²) in [5.74, 6) is -0.0114. The van der Waals surface area contributed by atoms with E-state index in [1.807, 2.05) is 0 Å². The van der Waals surface area contributed by atoms with Crippen LogP contribution in [0.25, 0.3) is 0 Å². The highest BCUT2D eigenvalue weighted by Gasteiger charge is 2.22. The quantitative estimate of drug-likeness (QED) is 0.678. The average molecular weight is 229 g/mol. The van der Waals surface area contributed by atoms with Gasteiger partial charge >= 0.3 is 5.97 Å². The van der Waals surface area contributed by atoms with Gasteiger partial charge in [0.25, 0.3) is 0 Å². The molecule has 1 N–H and O–H groups in total. The van der Waals surface area contributed by atoms with E-state index < -0.39 is 0 Å². The number of hydrogen-bond donors (Lipinski definition) is 1. The molecule has 4 heteroatoms. The molecular weight excluding hydrogens is 206 g/mol. The molecular formula is C12H23NO3. The first-order chi connectivity index (χ1) is 7.54. The van der Waals surface area contributed by atoms with Gasteiger partial charge < -0.3 is 10.1 Å². The van der Waals surface area contributed by atoms with Crippen molar-refractivity contribution in [2.75, 3.05) is 6.61 Å². The highest BCUT2D eigenvalue weighted by molar-refractivity contribution is 5.75. The molecule has 0 unspecified atom stereocenters. The van der Waals surface area contributed by atoms with Gasteiger partial charge in [-0.25, -0.2) is 0 Å². The van der Waals surface area contributed by atoms with Crippen molar-refractivity contribution in [3.63, 3.8) is 0 Å². The van der Waals surface area contributed by atoms with Gasteiger partial charge in [-0.05, 0) is 12.8 Å². The predicted molar refractivity (Wildman–Crippen MR) is 62.9 cm³/mol. The standard InChI is InChI=1S/C12H23NO3/c1-5-10(6-2)11(13-9(4)14)8-12(15)16-7-3/h10-11H,5-8H2,1-4H3,(H,13,14)/t11-/m1/s1. The van der Waals surface area contributed by atoms with E-state index in [-0.39, 0.29) is 24.3 Å². The van der Waals surface area contributed by atoms with Gasteiger partial charge in [0, 0.05) is 13.0 Å². The fourth-order valence-electron chi connectivity index (χ4n) is 1.85. The fourth-order valence-corrected chi connectivity index (χ4v) is 1.85. The minimum absolute atomic E-state index is 0.0961. The van der Waals surface area contributed by atoms with Gasteiger partial charge in [0.1, 0.15) is 0 Å². The summed E-state index contributed by atoms with van der Waals surface area (Å²) in [6, 6.07) is -0.105. The summed E-state index contributed by atoms with van der Waals surface area (Å²) < 4.78 is 4.90. The van der Waals surface area contributed by atoms with Gasteiger partial charge in [0.2, 0.25) is 5.91 Å². The van der Waals surface area contributed by atoms with Crippen LogP contribution in [0.5, 0.6) is 0 Å². The Kier molecular flexibility index (Phi) is 7.60. The van der Waals surface area contributed by atoms with Crippen LogP contribution in [-0.2, 0) is 14.3 Å². The van der Waals surface area contributed by atoms with Crippen molar-refractivity contribution in [2.45, 2.75) is 53.0 Å². The molecule has 16 heavy (non-hydrogen) atoms. The van der Waals surface area contributed by atoms with E-state index in [1.54, 1.807) is 6.92 Å². The van der Waals surface area contributed by atoms with Gasteiger partial charge in [0.05, 0.1) is 13.0 Å². The molecule has 0 spiro atoms. The Labute approximate surface area is 97.7 Å². The third kappa shape index (κ3) is 5.73. The summed E-state index contributed by atoms with van der Waals surface area (Å²) >= 11 is 0. The van der Waals surface area contributed by atoms with Crippen LogP contribution in [0.4, 0.5) is 0 Å². The van der Waals surface area contributed by atoms with E-state index in [4.69, 9.17) is 4.74 Å². The van der Waals surface area contributed by atoms with Crippen LogP contribution < -0.4 is 5.32 Å². The minimum Gasteiger partial charge on any atom is -0.466 e. The van der Waals surface area contributed by atoms with E-state index in [1.165, 1.54) is 6.92 Å². The van der Waals surface area contributed by atoms with Crippen molar-refractivity contribution in [1.82, 2.24) is 5.32 Å². The van der Waals surface area contributed by atoms with Gasteiger partial charge in [-0.1, -0.05) is 26.7 Å². The summed E-state index contributed by atoms with van der Waals surface area (Å²) in [6.45, 7) is 7.76. The molecule has 0 aromatic carbocycles. The Hall–Kier alpha value is -1.06. The molecule has 0 saturated heterocycles. The number of esters is 1. The molecule has 0 fully saturated rings. The van der Waals surface area contributed by atoms with Crippen LogP contribution in [-0.4, -0.2) is 24.5 Å². The number of nitrogens with one attached hydrogen (secondary N) is 1. The average Bonchev–Trinajstić information content (AvgIpc) is 2.18. The van der Waals surface area contributed by atoms with Crippen LogP contribution in [0.3, 0.4) is 0 Å². The van der Waals surface area contributed by atoms with Crippen molar-refractivity contribution in [3.05, 3.63) is 0 Å². The molecule has 0 aliphatic heterocycles. The maximum Gasteiger partial charge on any atom is 0.307 e. The highest BCUT2D eigenvalue weighted by atomic mass is 16.5. The zero-order valence-electron chi connectivity index (χ0n) is 10.7. The predicted octanol–water partition coefficient (Wildman–Crippen LogP) is 1.88. The summed E-state index contributed by atoms with van der Waals surface area (Å²) in [5, 5.41) is 2.83. The molecule has 94 valence electrons. The first kappa shape index (κ1) is 14.9. The summed E-state index contributed by atoms with van der Waals surface area (Å²) in [7, 11) is 0. The monoisotopic (exact) mass is 229 g/mol. The molecule has 0 saturated carbocycles. The molecule has 4 nitrogen and oxygen atoms in total. The lowest BCUT2D eigenvalue weighted by atomic mass is 9.92. The van der Waals surface area contributed by atoms with Crippen molar-refractivity contribution in [3.8, 4) is 0 Å². The Bertz CT molecular complexity index is 224. The minimum atomic E-state index is -0.242. The second-order valence-electron chi connectivity index (χ2n) is 3.89. The maximum absolute atomic E-state index is 11.4. The second-order valence-corrected chi connectivity index (χ2v) is 3.89. The Morgan fingerprint density at radius 2 is 1.75 bits per heavy atom. The molecule has 0 heterocycles. The number of amides is 1. The SMILES string of the molecule is CCOC(=O)C[C@@H](NC(C)=O)C(CC)CC. The van der Waals surface area contributed by atoms with Gasteiger partial charge in [-0.2, -0.15) is 0 Å². The lowest BCUT2D eigenvalue weighted by Gasteiger charge is -2.25. The lowest BCUT2D eigenvalue weighted by molar-refractivity contribution is -0.144. The lowest BCUT2D eigenvalue weighted by Crippen LogP contribution is -2.40. The van der Waals surface area contributed by atoms with E-state index in [0.29, 0.717) is 12.5 Å². The number of hydrogen-bond acceptors (Lipinski definition) is 3. The van der Waals surface area contributed by atoms with Gasteiger partial charge in [-0.15, -0.1) is 0 Å². The Morgan fingerprint density at radius 1 is 1.19 bits per heavy atom. The van der Waals surface area contributed by atoms with Crippen LogP contribution in [0.15, 0.2) is 0 Å². The second kappa shape index (κ2) is 8.13. The topological polar surface area (TPSA) is 55.4 Å². The molecule has 0 aliphatic rings. The highest BCUT2D eigenvalue weighted by Crippen LogP contribution is 2.16. The summed E-state index contributed by atoms with van der Waals surface area (Å²) in [6.07, 6.45) is 2.15. The van der Waals surface area contributed by atoms with Crippen molar-refractivity contribution in [1.29, 1.82) is 0 Å². The normalized spacial score (nSPS) is 12.3. The zero-order valence-corrected chi connectivity index (χ0v) is 10.7. The molecule has 0 radical (unpaired) electrons. The largest absolute Gasteiger partial charge is 0.466 e. The molecule has 0 aromatic heterocycles. The smallest absolute Gasteiger partial charge is 0.307 e. The third-order valence-electron chi connectivity index (χ3n) is 2.70. The number of carbonyl (C=O) groups excluding carboxylic acids is 2. The molecule has 0 aliphatic carbocycles. The summed E-state index contributed by atoms with van der Waals surface area (Å²) in [4.78, 5) is 22.5. The van der Waals surface area contributed by atoms with Crippen molar-refractivity contribution in [2.24, 2.45) is 5.92 Å². The van der Waals surface area contributed by atoms with E-state index in [0.717, 1.165) is 12.8 Å². The van der Waals surface area contributed by atoms with Gasteiger partial charge in [-0.3, -0.25) is 9.59 Å². The Balaban J connectivity index is 4.40. The van der Waals surface area contributed by atoms with Crippen LogP contribution in [0.1, 0.15) is 47.0 Å². The molecule has 0 bridgehead atoms. The number of rotatable bonds is 7. The first-order valence-corrected chi connectivity index (χ1v) is 5.97. The zero-order chi connectivity index (χ0) is 12.6. The van der Waals surface area contributed by atoms with Gasteiger partial charge in [0.15, 0.2) is 0 Å². The van der Waals surface area contributed by atoms with Crippen LogP contribution in [0.2, 0.25) is 0 Å². The van der Waals surface area contributed by atoms with Crippen molar-refractivity contribution < 1.29 is 14.3 Å². The molecule has 0 rings (SSSR count). The molecule has 1 atom stereocenters. The third-order valence-corrected chi connectivity index (χ3v) is 2.70. The molecule has 1 amide bonds. The van der Waals surface area contributed by atoms with Crippen LogP contribution >= 0.6 is 0 Å². The van der Waals surface area contributed by atoms with Crippen molar-refractivity contribution >= 4 is 11.9 Å². The molecule has 0 aromatic rings. The number of ether oxygens (including phenoxy) is 1. The van der Waals surface area contributed by atoms with E-state index in [9.17, 15) is 9.59 Å².